The van der Waals surface area contributed by atoms with Crippen molar-refractivity contribution >= 4 is 27.8 Å². The van der Waals surface area contributed by atoms with Crippen LogP contribution in [-0.4, -0.2) is 10.8 Å². The predicted octanol–water partition coefficient (Wildman–Crippen LogP) is 2.69. The van der Waals surface area contributed by atoms with Gasteiger partial charge in [0, 0.05) is 16.2 Å². The summed E-state index contributed by atoms with van der Waals surface area (Å²) in [5.41, 5.74) is 1.23. The fourth-order valence-corrected chi connectivity index (χ4v) is 1.23. The third-order valence-corrected chi connectivity index (χ3v) is 1.89. The average Bonchev–Trinajstić information content (AvgIpc) is 2.04. The smallest absolute Gasteiger partial charge is 0.162 e. The molecule has 0 aromatic carbocycles. The van der Waals surface area contributed by atoms with Crippen LogP contribution >= 0.6 is 15.9 Å². The van der Waals surface area contributed by atoms with Gasteiger partial charge in [-0.05, 0) is 35.0 Å². The number of nitrogens with zero attached hydrogens (tertiary/aromatic N) is 1. The van der Waals surface area contributed by atoms with Gasteiger partial charge in [0.15, 0.2) is 5.78 Å². The van der Waals surface area contributed by atoms with Crippen LogP contribution in [0.15, 0.2) is 23.3 Å². The van der Waals surface area contributed by atoms with Crippen molar-refractivity contribution in [1.29, 1.82) is 0 Å². The molecular weight excluding hydrogens is 218 g/mol. The summed E-state index contributed by atoms with van der Waals surface area (Å²) in [4.78, 5) is 15.1. The first kappa shape index (κ1) is 9.13. The standard InChI is InChI=1S/C9H8BrNO/c1-3-9-8(6(2)12)4-7(10)5-11-9/h3-5H,1H2,2H3. The molecule has 1 heterocycles. The minimum atomic E-state index is -0.00120. The molecular formula is C9H8BrNO. The molecule has 0 aliphatic carbocycles. The molecule has 2 nitrogen and oxygen atoms in total. The largest absolute Gasteiger partial charge is 0.294 e. The molecule has 0 saturated carbocycles. The molecule has 0 atom stereocenters. The summed E-state index contributed by atoms with van der Waals surface area (Å²) >= 11 is 3.24. The van der Waals surface area contributed by atoms with Crippen molar-refractivity contribution in [3.05, 3.63) is 34.6 Å². The van der Waals surface area contributed by atoms with Crippen molar-refractivity contribution in [3.8, 4) is 0 Å². The second kappa shape index (κ2) is 3.63. The summed E-state index contributed by atoms with van der Waals surface area (Å²) in [6.45, 7) is 5.08. The molecule has 0 radical (unpaired) electrons. The Bertz CT molecular complexity index is 333. The normalized spacial score (nSPS) is 9.50. The topological polar surface area (TPSA) is 30.0 Å². The van der Waals surface area contributed by atoms with Crippen LogP contribution in [0.2, 0.25) is 0 Å². The summed E-state index contributed by atoms with van der Waals surface area (Å²) in [6.07, 6.45) is 3.21. The van der Waals surface area contributed by atoms with Gasteiger partial charge >= 0.3 is 0 Å². The molecule has 0 bridgehead atoms. The molecule has 3 heteroatoms. The van der Waals surface area contributed by atoms with E-state index in [1.54, 1.807) is 18.3 Å². The lowest BCUT2D eigenvalue weighted by molar-refractivity contribution is 0.101. The first-order chi connectivity index (χ1) is 5.65. The molecule has 1 aromatic rings. The van der Waals surface area contributed by atoms with Gasteiger partial charge in [-0.2, -0.15) is 0 Å². The zero-order chi connectivity index (χ0) is 9.14. The molecule has 1 rings (SSSR count). The number of hydrogen-bond acceptors (Lipinski definition) is 2. The Labute approximate surface area is 79.5 Å². The SMILES string of the molecule is C=Cc1ncc(Br)cc1C(C)=O. The predicted molar refractivity (Wildman–Crippen MR) is 52.0 cm³/mol. The number of hydrogen-bond donors (Lipinski definition) is 0. The minimum Gasteiger partial charge on any atom is -0.294 e. The van der Waals surface area contributed by atoms with Crippen LogP contribution in [0.4, 0.5) is 0 Å². The molecule has 0 aliphatic rings. The van der Waals surface area contributed by atoms with E-state index in [-0.39, 0.29) is 5.78 Å². The van der Waals surface area contributed by atoms with Gasteiger partial charge in [0.2, 0.25) is 0 Å². The van der Waals surface area contributed by atoms with Crippen LogP contribution in [0.3, 0.4) is 0 Å². The van der Waals surface area contributed by atoms with Crippen LogP contribution in [0.5, 0.6) is 0 Å². The Kier molecular flexibility index (Phi) is 2.76. The molecule has 0 spiro atoms. The Hall–Kier alpha value is -0.960. The molecule has 0 unspecified atom stereocenters. The number of aromatic nitrogens is 1. The van der Waals surface area contributed by atoms with Crippen molar-refractivity contribution in [2.45, 2.75) is 6.92 Å². The number of carbonyl (C=O) groups excluding carboxylic acids is 1. The number of Topliss-reactive ketones (excluding diaryl/α,β-unsaturated/α-hetero) is 1. The molecule has 0 amide bonds. The Morgan fingerprint density at radius 3 is 2.92 bits per heavy atom. The lowest BCUT2D eigenvalue weighted by Gasteiger charge is -2.00. The highest BCUT2D eigenvalue weighted by Crippen LogP contribution is 2.15. The fourth-order valence-electron chi connectivity index (χ4n) is 0.894. The Morgan fingerprint density at radius 2 is 2.42 bits per heavy atom. The van der Waals surface area contributed by atoms with E-state index in [9.17, 15) is 4.79 Å². The molecule has 0 saturated heterocycles. The Balaban J connectivity index is 3.30. The van der Waals surface area contributed by atoms with Crippen LogP contribution < -0.4 is 0 Å². The van der Waals surface area contributed by atoms with E-state index in [4.69, 9.17) is 0 Å². The number of pyridine rings is 1. The third-order valence-electron chi connectivity index (χ3n) is 1.46. The third kappa shape index (κ3) is 1.80. The first-order valence-corrected chi connectivity index (χ1v) is 4.23. The molecule has 62 valence electrons. The Morgan fingerprint density at radius 1 is 1.75 bits per heavy atom. The van der Waals surface area contributed by atoms with E-state index in [2.05, 4.69) is 27.5 Å². The lowest BCUT2D eigenvalue weighted by Crippen LogP contribution is -1.97. The van der Waals surface area contributed by atoms with Gasteiger partial charge in [0.1, 0.15) is 0 Å². The highest BCUT2D eigenvalue weighted by atomic mass is 79.9. The van der Waals surface area contributed by atoms with Gasteiger partial charge in [-0.25, -0.2) is 0 Å². The van der Waals surface area contributed by atoms with E-state index in [0.717, 1.165) is 4.47 Å². The zero-order valence-electron chi connectivity index (χ0n) is 6.67. The van der Waals surface area contributed by atoms with Gasteiger partial charge < -0.3 is 0 Å². The number of rotatable bonds is 2. The van der Waals surface area contributed by atoms with Gasteiger partial charge in [-0.15, -0.1) is 0 Å². The lowest BCUT2D eigenvalue weighted by atomic mass is 10.1. The molecule has 0 fully saturated rings. The monoisotopic (exact) mass is 225 g/mol. The van der Waals surface area contributed by atoms with Gasteiger partial charge in [0.05, 0.1) is 5.69 Å². The van der Waals surface area contributed by atoms with Crippen molar-refractivity contribution in [1.82, 2.24) is 4.98 Å². The van der Waals surface area contributed by atoms with E-state index < -0.39 is 0 Å². The summed E-state index contributed by atoms with van der Waals surface area (Å²) in [6, 6.07) is 1.74. The van der Waals surface area contributed by atoms with Crippen LogP contribution in [0, 0.1) is 0 Å². The van der Waals surface area contributed by atoms with E-state index in [1.165, 1.54) is 6.92 Å². The summed E-state index contributed by atoms with van der Waals surface area (Å²) in [7, 11) is 0. The highest BCUT2D eigenvalue weighted by Gasteiger charge is 2.05. The van der Waals surface area contributed by atoms with Gasteiger partial charge in [-0.3, -0.25) is 9.78 Å². The van der Waals surface area contributed by atoms with E-state index in [1.807, 2.05) is 0 Å². The van der Waals surface area contributed by atoms with Gasteiger partial charge in [0.25, 0.3) is 0 Å². The molecule has 12 heavy (non-hydrogen) atoms. The maximum atomic E-state index is 11.1. The van der Waals surface area contributed by atoms with Crippen molar-refractivity contribution < 1.29 is 4.79 Å². The summed E-state index contributed by atoms with van der Waals surface area (Å²) in [5.74, 6) is -0.00120. The highest BCUT2D eigenvalue weighted by molar-refractivity contribution is 9.10. The van der Waals surface area contributed by atoms with Crippen molar-refractivity contribution in [3.63, 3.8) is 0 Å². The van der Waals surface area contributed by atoms with Crippen LogP contribution in [0.25, 0.3) is 6.08 Å². The molecule has 0 aliphatic heterocycles. The van der Waals surface area contributed by atoms with E-state index in [0.29, 0.717) is 11.3 Å². The quantitative estimate of drug-likeness (QED) is 0.725. The number of halogens is 1. The second-order valence-electron chi connectivity index (χ2n) is 2.35. The number of carbonyl (C=O) groups is 1. The first-order valence-electron chi connectivity index (χ1n) is 3.44. The van der Waals surface area contributed by atoms with Crippen molar-refractivity contribution in [2.24, 2.45) is 0 Å². The fraction of sp³-hybridized carbons (Fsp3) is 0.111. The zero-order valence-corrected chi connectivity index (χ0v) is 8.26. The summed E-state index contributed by atoms with van der Waals surface area (Å²) in [5, 5.41) is 0. The second-order valence-corrected chi connectivity index (χ2v) is 3.26. The minimum absolute atomic E-state index is 0.00120. The molecule has 1 aromatic heterocycles. The average molecular weight is 226 g/mol. The maximum absolute atomic E-state index is 11.1. The van der Waals surface area contributed by atoms with Crippen LogP contribution in [-0.2, 0) is 0 Å². The van der Waals surface area contributed by atoms with Crippen LogP contribution in [0.1, 0.15) is 23.0 Å². The van der Waals surface area contributed by atoms with Crippen molar-refractivity contribution in [2.75, 3.05) is 0 Å². The van der Waals surface area contributed by atoms with Gasteiger partial charge in [-0.1, -0.05) is 6.58 Å². The van der Waals surface area contributed by atoms with E-state index >= 15 is 0 Å². The summed E-state index contributed by atoms with van der Waals surface area (Å²) < 4.78 is 0.804. The maximum Gasteiger partial charge on any atom is 0.162 e. The molecule has 0 N–H and O–H groups in total. The number of ketones is 1.